The van der Waals surface area contributed by atoms with Crippen LogP contribution in [0.5, 0.6) is 0 Å². The largest absolute Gasteiger partial charge is 0.306 e. The summed E-state index contributed by atoms with van der Waals surface area (Å²) in [7, 11) is 0. The highest BCUT2D eigenvalue weighted by Gasteiger charge is 2.19. The molecule has 0 amide bonds. The normalized spacial score (nSPS) is 12.6. The maximum atomic E-state index is 14.0. The molecular weight excluding hydrogens is 276 g/mol. The Morgan fingerprint density at radius 2 is 1.95 bits per heavy atom. The van der Waals surface area contributed by atoms with Gasteiger partial charge in [0, 0.05) is 15.3 Å². The molecular formula is C16H19F2NS. The lowest BCUT2D eigenvalue weighted by molar-refractivity contribution is 0.539. The Labute approximate surface area is 122 Å². The summed E-state index contributed by atoms with van der Waals surface area (Å²) in [5, 5.41) is 3.31. The van der Waals surface area contributed by atoms with E-state index in [9.17, 15) is 8.78 Å². The monoisotopic (exact) mass is 295 g/mol. The molecule has 108 valence electrons. The Hall–Kier alpha value is -1.26. The SMILES string of the molecule is CCCNC(c1ccc(CC)s1)c1cc(F)ccc1F. The molecule has 0 saturated carbocycles. The third-order valence-electron chi connectivity index (χ3n) is 3.18. The summed E-state index contributed by atoms with van der Waals surface area (Å²) in [6.45, 7) is 4.91. The number of hydrogen-bond donors (Lipinski definition) is 1. The van der Waals surface area contributed by atoms with Crippen LogP contribution in [0.3, 0.4) is 0 Å². The predicted molar refractivity (Wildman–Crippen MR) is 80.2 cm³/mol. The van der Waals surface area contributed by atoms with E-state index in [4.69, 9.17) is 0 Å². The Balaban J connectivity index is 2.38. The van der Waals surface area contributed by atoms with Crippen LogP contribution in [0.4, 0.5) is 8.78 Å². The number of thiophene rings is 1. The molecule has 0 saturated heterocycles. The molecule has 0 bridgehead atoms. The molecule has 0 aliphatic heterocycles. The minimum Gasteiger partial charge on any atom is -0.306 e. The molecule has 2 rings (SSSR count). The van der Waals surface area contributed by atoms with Gasteiger partial charge in [0.25, 0.3) is 0 Å². The second-order valence-electron chi connectivity index (χ2n) is 4.71. The van der Waals surface area contributed by atoms with E-state index in [1.807, 2.05) is 6.07 Å². The Morgan fingerprint density at radius 3 is 2.60 bits per heavy atom. The van der Waals surface area contributed by atoms with Crippen LogP contribution < -0.4 is 5.32 Å². The number of benzene rings is 1. The summed E-state index contributed by atoms with van der Waals surface area (Å²) < 4.78 is 27.4. The highest BCUT2D eigenvalue weighted by Crippen LogP contribution is 2.30. The Kier molecular flexibility index (Phi) is 5.26. The standard InChI is InChI=1S/C16H19F2NS/c1-3-9-19-16(15-8-6-12(4-2)20-15)13-10-11(17)5-7-14(13)18/h5-8,10,16,19H,3-4,9H2,1-2H3. The molecule has 1 heterocycles. The lowest BCUT2D eigenvalue weighted by Crippen LogP contribution is -2.23. The number of rotatable bonds is 6. The zero-order valence-corrected chi connectivity index (χ0v) is 12.6. The molecule has 0 aliphatic rings. The highest BCUT2D eigenvalue weighted by molar-refractivity contribution is 7.12. The number of aryl methyl sites for hydroxylation is 1. The summed E-state index contributed by atoms with van der Waals surface area (Å²) in [5.41, 5.74) is 0.378. The smallest absolute Gasteiger partial charge is 0.128 e. The van der Waals surface area contributed by atoms with Gasteiger partial charge in [0.2, 0.25) is 0 Å². The topological polar surface area (TPSA) is 12.0 Å². The molecule has 0 spiro atoms. The second kappa shape index (κ2) is 6.95. The van der Waals surface area contributed by atoms with Crippen molar-refractivity contribution in [3.05, 3.63) is 57.3 Å². The van der Waals surface area contributed by atoms with E-state index in [0.29, 0.717) is 5.56 Å². The van der Waals surface area contributed by atoms with E-state index in [1.54, 1.807) is 11.3 Å². The van der Waals surface area contributed by atoms with Gasteiger partial charge in [-0.2, -0.15) is 0 Å². The molecule has 2 aromatic rings. The van der Waals surface area contributed by atoms with Crippen LogP contribution in [0.15, 0.2) is 30.3 Å². The number of nitrogens with one attached hydrogen (secondary N) is 1. The van der Waals surface area contributed by atoms with Gasteiger partial charge >= 0.3 is 0 Å². The van der Waals surface area contributed by atoms with Crippen molar-refractivity contribution in [3.63, 3.8) is 0 Å². The Bertz CT molecular complexity index is 565. The van der Waals surface area contributed by atoms with Crippen molar-refractivity contribution in [3.8, 4) is 0 Å². The molecule has 1 nitrogen and oxygen atoms in total. The van der Waals surface area contributed by atoms with Crippen LogP contribution >= 0.6 is 11.3 Å². The first kappa shape index (κ1) is 15.1. The second-order valence-corrected chi connectivity index (χ2v) is 5.91. The third-order valence-corrected chi connectivity index (χ3v) is 4.48. The van der Waals surface area contributed by atoms with Gasteiger partial charge < -0.3 is 5.32 Å². The summed E-state index contributed by atoms with van der Waals surface area (Å²) >= 11 is 1.65. The summed E-state index contributed by atoms with van der Waals surface area (Å²) in [6.07, 6.45) is 1.90. The molecule has 1 aromatic carbocycles. The minimum atomic E-state index is -0.406. The van der Waals surface area contributed by atoms with Gasteiger partial charge in [-0.05, 0) is 49.7 Å². The first-order valence-electron chi connectivity index (χ1n) is 6.92. The molecule has 0 aliphatic carbocycles. The van der Waals surface area contributed by atoms with E-state index >= 15 is 0 Å². The number of halogens is 2. The van der Waals surface area contributed by atoms with Crippen molar-refractivity contribution in [1.29, 1.82) is 0 Å². The van der Waals surface area contributed by atoms with Crippen LogP contribution in [0.1, 0.15) is 41.6 Å². The van der Waals surface area contributed by atoms with Crippen molar-refractivity contribution in [2.75, 3.05) is 6.54 Å². The van der Waals surface area contributed by atoms with E-state index in [2.05, 4.69) is 25.2 Å². The maximum absolute atomic E-state index is 14.0. The molecule has 4 heteroatoms. The predicted octanol–water partition coefficient (Wildman–Crippen LogP) is 4.68. The molecule has 0 fully saturated rings. The molecule has 1 aromatic heterocycles. The van der Waals surface area contributed by atoms with Crippen molar-refractivity contribution in [2.45, 2.75) is 32.7 Å². The third kappa shape index (κ3) is 3.44. The van der Waals surface area contributed by atoms with Crippen LogP contribution in [-0.4, -0.2) is 6.54 Å². The van der Waals surface area contributed by atoms with Gasteiger partial charge in [-0.25, -0.2) is 8.78 Å². The van der Waals surface area contributed by atoms with Gasteiger partial charge in [0.05, 0.1) is 6.04 Å². The molecule has 1 unspecified atom stereocenters. The molecule has 1 N–H and O–H groups in total. The summed E-state index contributed by atoms with van der Waals surface area (Å²) in [6, 6.07) is 7.41. The maximum Gasteiger partial charge on any atom is 0.128 e. The molecule has 20 heavy (non-hydrogen) atoms. The first-order chi connectivity index (χ1) is 9.65. The van der Waals surface area contributed by atoms with Crippen LogP contribution in [0, 0.1) is 11.6 Å². The summed E-state index contributed by atoms with van der Waals surface area (Å²) in [5.74, 6) is -0.775. The zero-order chi connectivity index (χ0) is 14.5. The lowest BCUT2D eigenvalue weighted by atomic mass is 10.0. The van der Waals surface area contributed by atoms with Crippen LogP contribution in [0.25, 0.3) is 0 Å². The quantitative estimate of drug-likeness (QED) is 0.816. The van der Waals surface area contributed by atoms with E-state index in [1.165, 1.54) is 17.0 Å². The van der Waals surface area contributed by atoms with E-state index in [-0.39, 0.29) is 11.9 Å². The van der Waals surface area contributed by atoms with Gasteiger partial charge in [0.15, 0.2) is 0 Å². The number of hydrogen-bond acceptors (Lipinski definition) is 2. The van der Waals surface area contributed by atoms with Gasteiger partial charge in [-0.15, -0.1) is 11.3 Å². The fourth-order valence-electron chi connectivity index (χ4n) is 2.13. The zero-order valence-electron chi connectivity index (χ0n) is 11.7. The fraction of sp³-hybridized carbons (Fsp3) is 0.375. The van der Waals surface area contributed by atoms with Gasteiger partial charge in [-0.1, -0.05) is 13.8 Å². The highest BCUT2D eigenvalue weighted by atomic mass is 32.1. The Morgan fingerprint density at radius 1 is 1.15 bits per heavy atom. The van der Waals surface area contributed by atoms with Crippen molar-refractivity contribution in [2.24, 2.45) is 0 Å². The lowest BCUT2D eigenvalue weighted by Gasteiger charge is -2.18. The van der Waals surface area contributed by atoms with Gasteiger partial charge in [-0.3, -0.25) is 0 Å². The first-order valence-corrected chi connectivity index (χ1v) is 7.74. The summed E-state index contributed by atoms with van der Waals surface area (Å²) in [4.78, 5) is 2.28. The minimum absolute atomic E-state index is 0.282. The van der Waals surface area contributed by atoms with E-state index in [0.717, 1.165) is 30.3 Å². The van der Waals surface area contributed by atoms with Crippen molar-refractivity contribution in [1.82, 2.24) is 5.32 Å². The van der Waals surface area contributed by atoms with Crippen molar-refractivity contribution < 1.29 is 8.78 Å². The average molecular weight is 295 g/mol. The fourth-order valence-corrected chi connectivity index (χ4v) is 3.18. The van der Waals surface area contributed by atoms with Crippen LogP contribution in [-0.2, 0) is 6.42 Å². The average Bonchev–Trinajstić information content (AvgIpc) is 2.92. The van der Waals surface area contributed by atoms with Crippen molar-refractivity contribution >= 4 is 11.3 Å². The van der Waals surface area contributed by atoms with Gasteiger partial charge in [0.1, 0.15) is 11.6 Å². The molecule has 1 atom stereocenters. The molecule has 0 radical (unpaired) electrons. The van der Waals surface area contributed by atoms with Crippen LogP contribution in [0.2, 0.25) is 0 Å². The van der Waals surface area contributed by atoms with E-state index < -0.39 is 5.82 Å².